The first-order valence-electron chi connectivity index (χ1n) is 9.10. The molecule has 4 rings (SSSR count). The van der Waals surface area contributed by atoms with Crippen LogP contribution in [0, 0.1) is 5.92 Å². The summed E-state index contributed by atoms with van der Waals surface area (Å²) < 4.78 is 1.68. The lowest BCUT2D eigenvalue weighted by molar-refractivity contribution is -0.122. The fourth-order valence-electron chi connectivity index (χ4n) is 4.29. The van der Waals surface area contributed by atoms with Gasteiger partial charge >= 0.3 is 0 Å². The zero-order chi connectivity index (χ0) is 16.4. The number of carbonyl (C=O) groups excluding carboxylic acids is 1. The zero-order valence-electron chi connectivity index (χ0n) is 14.0. The molecule has 128 valence electrons. The molecule has 0 radical (unpaired) electrons. The van der Waals surface area contributed by atoms with E-state index >= 15 is 0 Å². The maximum atomic E-state index is 12.3. The van der Waals surface area contributed by atoms with Crippen LogP contribution >= 0.6 is 0 Å². The van der Waals surface area contributed by atoms with Crippen LogP contribution in [0.2, 0.25) is 0 Å². The minimum Gasteiger partial charge on any atom is -0.354 e. The van der Waals surface area contributed by atoms with Crippen molar-refractivity contribution < 1.29 is 4.79 Å². The van der Waals surface area contributed by atoms with Crippen LogP contribution in [-0.4, -0.2) is 51.5 Å². The smallest absolute Gasteiger partial charge is 0.241 e. The second-order valence-electron chi connectivity index (χ2n) is 7.04. The predicted octanol–water partition coefficient (Wildman–Crippen LogP) is 1.81. The molecule has 0 bridgehead atoms. The summed E-state index contributed by atoms with van der Waals surface area (Å²) in [6.45, 7) is 3.49. The number of aromatic nitrogens is 3. The Morgan fingerprint density at radius 2 is 2.04 bits per heavy atom. The lowest BCUT2D eigenvalue weighted by Gasteiger charge is -2.44. The molecule has 2 saturated heterocycles. The van der Waals surface area contributed by atoms with Gasteiger partial charge in [0, 0.05) is 12.6 Å². The number of hydrogen-bond donors (Lipinski definition) is 1. The quantitative estimate of drug-likeness (QED) is 0.930. The van der Waals surface area contributed by atoms with Gasteiger partial charge in [-0.1, -0.05) is 23.8 Å². The fourth-order valence-corrected chi connectivity index (χ4v) is 4.29. The van der Waals surface area contributed by atoms with E-state index < -0.39 is 0 Å². The van der Waals surface area contributed by atoms with Gasteiger partial charge in [0.05, 0.1) is 5.52 Å². The second-order valence-corrected chi connectivity index (χ2v) is 7.04. The first kappa shape index (κ1) is 15.6. The number of fused-ring (bicyclic) bond motifs is 2. The molecule has 3 heterocycles. The maximum Gasteiger partial charge on any atom is 0.241 e. The van der Waals surface area contributed by atoms with Gasteiger partial charge in [-0.15, -0.1) is 5.10 Å². The van der Waals surface area contributed by atoms with Gasteiger partial charge in [-0.3, -0.25) is 4.79 Å². The van der Waals surface area contributed by atoms with Crippen molar-refractivity contribution in [1.82, 2.24) is 25.2 Å². The third-order valence-electron chi connectivity index (χ3n) is 5.50. The summed E-state index contributed by atoms with van der Waals surface area (Å²) in [5, 5.41) is 11.3. The normalized spacial score (nSPS) is 24.7. The van der Waals surface area contributed by atoms with E-state index in [1.807, 2.05) is 24.3 Å². The van der Waals surface area contributed by atoms with Crippen molar-refractivity contribution in [3.8, 4) is 0 Å². The molecular weight excluding hydrogens is 302 g/mol. The molecule has 1 N–H and O–H groups in total. The van der Waals surface area contributed by atoms with Crippen LogP contribution < -0.4 is 5.32 Å². The Kier molecular flexibility index (Phi) is 4.47. The molecule has 2 aromatic rings. The number of piperidine rings is 2. The summed E-state index contributed by atoms with van der Waals surface area (Å²) in [7, 11) is 0. The molecule has 1 aromatic carbocycles. The molecule has 0 saturated carbocycles. The second kappa shape index (κ2) is 6.89. The molecule has 0 aliphatic carbocycles. The first-order chi connectivity index (χ1) is 11.8. The van der Waals surface area contributed by atoms with Crippen molar-refractivity contribution >= 4 is 16.9 Å². The third-order valence-corrected chi connectivity index (χ3v) is 5.50. The van der Waals surface area contributed by atoms with Crippen molar-refractivity contribution in [1.29, 1.82) is 0 Å². The lowest BCUT2D eigenvalue weighted by Crippen LogP contribution is -2.51. The number of nitrogens with one attached hydrogen (secondary N) is 1. The highest BCUT2D eigenvalue weighted by Crippen LogP contribution is 2.30. The summed E-state index contributed by atoms with van der Waals surface area (Å²) in [5.74, 6) is 0.620. The molecular formula is C18H25N5O. The average molecular weight is 327 g/mol. The van der Waals surface area contributed by atoms with Crippen molar-refractivity contribution in [2.45, 2.75) is 44.7 Å². The Morgan fingerprint density at radius 1 is 1.17 bits per heavy atom. The standard InChI is InChI=1S/C18H25N5O/c24-18(13-23-17-9-2-1-7-15(17)20-21-23)19-12-14-6-5-11-22-10-4-3-8-16(14)22/h1-2,7,9,14,16H,3-6,8,10-13H2,(H,19,24)/t14-,16+/m0/s1. The number of hydrogen-bond acceptors (Lipinski definition) is 4. The average Bonchev–Trinajstić information content (AvgIpc) is 3.03. The van der Waals surface area contributed by atoms with Gasteiger partial charge in [0.25, 0.3) is 0 Å². The molecule has 2 atom stereocenters. The minimum absolute atomic E-state index is 0.0265. The molecule has 2 aliphatic rings. The highest BCUT2D eigenvalue weighted by atomic mass is 16.2. The van der Waals surface area contributed by atoms with Crippen LogP contribution in [0.4, 0.5) is 0 Å². The number of carbonyl (C=O) groups is 1. The molecule has 1 amide bonds. The first-order valence-corrected chi connectivity index (χ1v) is 9.10. The predicted molar refractivity (Wildman–Crippen MR) is 92.5 cm³/mol. The van der Waals surface area contributed by atoms with E-state index in [4.69, 9.17) is 0 Å². The number of nitrogens with zero attached hydrogens (tertiary/aromatic N) is 4. The summed E-state index contributed by atoms with van der Waals surface area (Å²) in [6, 6.07) is 8.40. The summed E-state index contributed by atoms with van der Waals surface area (Å²) in [5.41, 5.74) is 1.74. The van der Waals surface area contributed by atoms with Gasteiger partial charge in [-0.25, -0.2) is 4.68 Å². The van der Waals surface area contributed by atoms with Gasteiger partial charge in [-0.05, 0) is 56.8 Å². The van der Waals surface area contributed by atoms with Crippen molar-refractivity contribution in [3.63, 3.8) is 0 Å². The van der Waals surface area contributed by atoms with Crippen LogP contribution in [0.1, 0.15) is 32.1 Å². The van der Waals surface area contributed by atoms with E-state index in [0.29, 0.717) is 12.0 Å². The SMILES string of the molecule is O=C(Cn1nnc2ccccc21)NC[C@@H]1CCCN2CCCC[C@H]12. The van der Waals surface area contributed by atoms with E-state index in [1.54, 1.807) is 4.68 Å². The summed E-state index contributed by atoms with van der Waals surface area (Å²) >= 11 is 0. The highest BCUT2D eigenvalue weighted by Gasteiger charge is 2.32. The molecule has 1 aromatic heterocycles. The molecule has 6 nitrogen and oxygen atoms in total. The topological polar surface area (TPSA) is 63.1 Å². The third kappa shape index (κ3) is 3.15. The Hall–Kier alpha value is -1.95. The van der Waals surface area contributed by atoms with Gasteiger partial charge in [0.15, 0.2) is 0 Å². The maximum absolute atomic E-state index is 12.3. The highest BCUT2D eigenvalue weighted by molar-refractivity contribution is 5.79. The van der Waals surface area contributed by atoms with Gasteiger partial charge < -0.3 is 10.2 Å². The van der Waals surface area contributed by atoms with E-state index in [-0.39, 0.29) is 12.5 Å². The Labute approximate surface area is 142 Å². The number of para-hydroxylation sites is 1. The minimum atomic E-state index is 0.0265. The Bertz CT molecular complexity index is 710. The molecule has 2 aliphatic heterocycles. The van der Waals surface area contributed by atoms with Crippen LogP contribution in [0.3, 0.4) is 0 Å². The van der Waals surface area contributed by atoms with Gasteiger partial charge in [0.2, 0.25) is 5.91 Å². The fraction of sp³-hybridized carbons (Fsp3) is 0.611. The van der Waals surface area contributed by atoms with Crippen LogP contribution in [-0.2, 0) is 11.3 Å². The number of rotatable bonds is 4. The summed E-state index contributed by atoms with van der Waals surface area (Å²) in [4.78, 5) is 15.0. The van der Waals surface area contributed by atoms with Gasteiger partial charge in [-0.2, -0.15) is 0 Å². The Morgan fingerprint density at radius 3 is 3.00 bits per heavy atom. The monoisotopic (exact) mass is 327 g/mol. The molecule has 24 heavy (non-hydrogen) atoms. The summed E-state index contributed by atoms with van der Waals surface area (Å²) in [6.07, 6.45) is 6.43. The molecule has 6 heteroatoms. The van der Waals surface area contributed by atoms with Crippen molar-refractivity contribution in [3.05, 3.63) is 24.3 Å². The van der Waals surface area contributed by atoms with E-state index in [1.165, 1.54) is 45.2 Å². The van der Waals surface area contributed by atoms with E-state index in [9.17, 15) is 4.79 Å². The molecule has 0 unspecified atom stereocenters. The zero-order valence-corrected chi connectivity index (χ0v) is 14.0. The lowest BCUT2D eigenvalue weighted by atomic mass is 9.83. The van der Waals surface area contributed by atoms with Crippen molar-refractivity contribution in [2.24, 2.45) is 5.92 Å². The van der Waals surface area contributed by atoms with Crippen LogP contribution in [0.5, 0.6) is 0 Å². The van der Waals surface area contributed by atoms with Crippen LogP contribution in [0.15, 0.2) is 24.3 Å². The Balaban J connectivity index is 1.34. The van der Waals surface area contributed by atoms with E-state index in [2.05, 4.69) is 20.5 Å². The van der Waals surface area contributed by atoms with Crippen LogP contribution in [0.25, 0.3) is 11.0 Å². The molecule has 0 spiro atoms. The van der Waals surface area contributed by atoms with Gasteiger partial charge in [0.1, 0.15) is 12.1 Å². The number of amides is 1. The number of benzene rings is 1. The largest absolute Gasteiger partial charge is 0.354 e. The van der Waals surface area contributed by atoms with Crippen molar-refractivity contribution in [2.75, 3.05) is 19.6 Å². The molecule has 2 fully saturated rings. The van der Waals surface area contributed by atoms with E-state index in [0.717, 1.165) is 17.6 Å².